The van der Waals surface area contributed by atoms with Crippen molar-refractivity contribution in [1.29, 1.82) is 0 Å². The first-order chi connectivity index (χ1) is 12.1. The Morgan fingerprint density at radius 3 is 2.33 bits per heavy atom. The number of nitro groups is 1. The predicted octanol–water partition coefficient (Wildman–Crippen LogP) is 1.67. The van der Waals surface area contributed by atoms with Gasteiger partial charge < -0.3 is 17.5 Å². The van der Waals surface area contributed by atoms with Crippen molar-refractivity contribution >= 4 is 52.4 Å². The summed E-state index contributed by atoms with van der Waals surface area (Å²) < 4.78 is 39.8. The van der Waals surface area contributed by atoms with Crippen LogP contribution in [0.2, 0.25) is 10.0 Å². The number of benzene rings is 2. The minimum atomic E-state index is -5.06. The number of imidazole rings is 1. The van der Waals surface area contributed by atoms with Gasteiger partial charge in [0.15, 0.2) is 5.52 Å². The summed E-state index contributed by atoms with van der Waals surface area (Å²) in [6.07, 6.45) is 0. The van der Waals surface area contributed by atoms with Gasteiger partial charge in [0.05, 0.1) is 15.5 Å². The third-order valence-corrected chi connectivity index (χ3v) is 4.76. The zero-order chi connectivity index (χ0) is 19.2. The Bertz CT molecular complexity index is 1030. The Morgan fingerprint density at radius 2 is 1.81 bits per heavy atom. The molecule has 2 aromatic carbocycles. The van der Waals surface area contributed by atoms with Crippen LogP contribution < -0.4 is 56.8 Å². The summed E-state index contributed by atoms with van der Waals surface area (Å²) in [6.45, 7) is -3.24. The molecule has 0 radical (unpaired) electrons. The van der Waals surface area contributed by atoms with Crippen molar-refractivity contribution in [3.8, 4) is 0 Å². The van der Waals surface area contributed by atoms with Crippen LogP contribution >= 0.6 is 23.2 Å². The Hall–Kier alpha value is -0.619. The molecule has 3 aromatic rings. The number of hydrogen-bond donors (Lipinski definition) is 0. The van der Waals surface area contributed by atoms with E-state index >= 15 is 0 Å². The van der Waals surface area contributed by atoms with Crippen LogP contribution in [0.3, 0.4) is 0 Å². The van der Waals surface area contributed by atoms with E-state index in [4.69, 9.17) is 23.2 Å². The molecule has 0 aliphatic rings. The molecule has 1 heterocycles. The van der Waals surface area contributed by atoms with Crippen LogP contribution in [-0.2, 0) is 6.54 Å². The van der Waals surface area contributed by atoms with E-state index in [1.54, 1.807) is 11.5 Å². The Balaban J connectivity index is 0.00000261. The number of nitrogens with zero attached hydrogens (tertiary/aromatic N) is 3. The average molecular weight is 442 g/mol. The summed E-state index contributed by atoms with van der Waals surface area (Å²) >= 11 is 11.9. The van der Waals surface area contributed by atoms with Crippen LogP contribution in [0.1, 0.15) is 11.4 Å². The molecule has 0 atom stereocenters. The quantitative estimate of drug-likeness (QED) is 0.351. The maximum atomic E-state index is 12.7. The van der Waals surface area contributed by atoms with E-state index in [0.29, 0.717) is 16.9 Å². The molecule has 0 unspecified atom stereocenters. The average Bonchev–Trinajstić information content (AvgIpc) is 2.83. The third-order valence-electron chi connectivity index (χ3n) is 3.98. The fourth-order valence-corrected chi connectivity index (χ4v) is 3.10. The standard InChI is InChI=1S/C15H10BCl2F3N3O2.K/c1-8-22-14-12(6-11(17)13(18)15(14)24(25)26)23(8)7-9-2-4-10(5-3-9)16(19,20)21;/h2-6H,7H2,1H3;/q-1;+1. The second-order valence-electron chi connectivity index (χ2n) is 5.71. The maximum Gasteiger partial charge on any atom is 1.00 e. The van der Waals surface area contributed by atoms with Crippen molar-refractivity contribution < 1.29 is 69.3 Å². The minimum absolute atomic E-state index is 0. The molecule has 27 heavy (non-hydrogen) atoms. The van der Waals surface area contributed by atoms with Gasteiger partial charge >= 0.3 is 64.0 Å². The van der Waals surface area contributed by atoms with Gasteiger partial charge in [-0.05, 0) is 18.6 Å². The van der Waals surface area contributed by atoms with Crippen LogP contribution in [0.25, 0.3) is 11.0 Å². The molecule has 0 amide bonds. The second-order valence-corrected chi connectivity index (χ2v) is 6.49. The summed E-state index contributed by atoms with van der Waals surface area (Å²) in [4.78, 5) is 14.8. The fourth-order valence-electron chi connectivity index (χ4n) is 2.69. The summed E-state index contributed by atoms with van der Waals surface area (Å²) in [5.41, 5.74) is -0.0349. The van der Waals surface area contributed by atoms with Crippen molar-refractivity contribution in [3.05, 3.63) is 61.9 Å². The molecule has 0 aliphatic heterocycles. The van der Waals surface area contributed by atoms with E-state index in [2.05, 4.69) is 4.98 Å². The molecule has 0 spiro atoms. The molecule has 1 aromatic heterocycles. The predicted molar refractivity (Wildman–Crippen MR) is 95.4 cm³/mol. The minimum Gasteiger partial charge on any atom is -0.445 e. The van der Waals surface area contributed by atoms with Crippen LogP contribution in [0, 0.1) is 17.0 Å². The first-order valence-electron chi connectivity index (χ1n) is 7.37. The Kier molecular flexibility index (Phi) is 7.05. The molecular weight excluding hydrogens is 432 g/mol. The zero-order valence-corrected chi connectivity index (χ0v) is 18.9. The summed E-state index contributed by atoms with van der Waals surface area (Å²) in [5.74, 6) is 0.450. The van der Waals surface area contributed by atoms with E-state index in [9.17, 15) is 23.1 Å². The first kappa shape index (κ1) is 22.7. The molecule has 0 bridgehead atoms. The van der Waals surface area contributed by atoms with Crippen molar-refractivity contribution in [1.82, 2.24) is 9.55 Å². The monoisotopic (exact) mass is 441 g/mol. The Morgan fingerprint density at radius 1 is 1.22 bits per heavy atom. The number of aryl methyl sites for hydroxylation is 1. The smallest absolute Gasteiger partial charge is 0.445 e. The molecule has 3 rings (SSSR count). The van der Waals surface area contributed by atoms with E-state index in [0.717, 1.165) is 12.1 Å². The number of hydrogen-bond acceptors (Lipinski definition) is 3. The van der Waals surface area contributed by atoms with Crippen LogP contribution in [0.5, 0.6) is 0 Å². The molecule has 0 saturated carbocycles. The second kappa shape index (κ2) is 8.40. The topological polar surface area (TPSA) is 61.0 Å². The summed E-state index contributed by atoms with van der Waals surface area (Å²) in [6, 6.07) is 6.20. The van der Waals surface area contributed by atoms with Gasteiger partial charge in [0.1, 0.15) is 10.8 Å². The number of nitro benzene ring substituents is 1. The molecule has 5 nitrogen and oxygen atoms in total. The van der Waals surface area contributed by atoms with E-state index < -0.39 is 23.1 Å². The number of rotatable bonds is 4. The van der Waals surface area contributed by atoms with Gasteiger partial charge in [0.2, 0.25) is 0 Å². The van der Waals surface area contributed by atoms with Gasteiger partial charge in [-0.15, -0.1) is 5.46 Å². The van der Waals surface area contributed by atoms with Crippen molar-refractivity contribution in [3.63, 3.8) is 0 Å². The molecule has 0 fully saturated rings. The summed E-state index contributed by atoms with van der Waals surface area (Å²) in [7, 11) is 0. The third kappa shape index (κ3) is 4.52. The van der Waals surface area contributed by atoms with Gasteiger partial charge in [-0.25, -0.2) is 4.98 Å². The molecule has 0 aliphatic carbocycles. The SMILES string of the molecule is Cc1nc2c([N+](=O)[O-])c(Cl)c(Cl)cc2n1Cc1ccc([B-](F)(F)F)cc1.[K+]. The van der Waals surface area contributed by atoms with Crippen LogP contribution in [0.15, 0.2) is 30.3 Å². The number of fused-ring (bicyclic) bond motifs is 1. The molecular formula is C15H10BCl2F3KN3O2. The van der Waals surface area contributed by atoms with Gasteiger partial charge in [-0.3, -0.25) is 10.1 Å². The Labute approximate surface area is 204 Å². The molecule has 0 saturated heterocycles. The number of halogens is 5. The molecule has 136 valence electrons. The maximum absolute atomic E-state index is 12.7. The van der Waals surface area contributed by atoms with Gasteiger partial charge in [0.25, 0.3) is 0 Å². The largest absolute Gasteiger partial charge is 1.00 e. The fraction of sp³-hybridized carbons (Fsp3) is 0.133. The van der Waals surface area contributed by atoms with E-state index in [1.807, 2.05) is 0 Å². The van der Waals surface area contributed by atoms with E-state index in [-0.39, 0.29) is 73.5 Å². The summed E-state index contributed by atoms with van der Waals surface area (Å²) in [5, 5.41) is 11.1. The van der Waals surface area contributed by atoms with Crippen molar-refractivity contribution in [2.75, 3.05) is 0 Å². The van der Waals surface area contributed by atoms with Gasteiger partial charge in [-0.1, -0.05) is 47.5 Å². The number of aromatic nitrogens is 2. The van der Waals surface area contributed by atoms with Gasteiger partial charge in [-0.2, -0.15) is 0 Å². The molecule has 0 N–H and O–H groups in total. The van der Waals surface area contributed by atoms with Crippen LogP contribution in [-0.4, -0.2) is 21.5 Å². The van der Waals surface area contributed by atoms with Crippen molar-refractivity contribution in [2.45, 2.75) is 13.5 Å². The van der Waals surface area contributed by atoms with Crippen molar-refractivity contribution in [2.24, 2.45) is 0 Å². The first-order valence-corrected chi connectivity index (χ1v) is 8.13. The zero-order valence-electron chi connectivity index (χ0n) is 14.2. The normalized spacial score (nSPS) is 11.5. The molecule has 12 heteroatoms. The van der Waals surface area contributed by atoms with Gasteiger partial charge in [0, 0.05) is 6.54 Å². The van der Waals surface area contributed by atoms with E-state index in [1.165, 1.54) is 18.2 Å². The van der Waals surface area contributed by atoms with Crippen LogP contribution in [0.4, 0.5) is 18.6 Å².